The number of hydrogen-bond donors (Lipinski definition) is 1. The molecule has 0 radical (unpaired) electrons. The quantitative estimate of drug-likeness (QED) is 0.449. The van der Waals surface area contributed by atoms with Gasteiger partial charge in [0.05, 0.1) is 4.92 Å². The molecule has 0 aliphatic rings. The van der Waals surface area contributed by atoms with Crippen molar-refractivity contribution in [3.63, 3.8) is 0 Å². The van der Waals surface area contributed by atoms with Crippen molar-refractivity contribution in [3.05, 3.63) is 33.9 Å². The Morgan fingerprint density at radius 2 is 2.19 bits per heavy atom. The van der Waals surface area contributed by atoms with E-state index < -0.39 is 4.92 Å². The van der Waals surface area contributed by atoms with Crippen molar-refractivity contribution in [2.24, 2.45) is 5.92 Å². The van der Waals surface area contributed by atoms with Gasteiger partial charge in [0, 0.05) is 18.2 Å². The van der Waals surface area contributed by atoms with Gasteiger partial charge in [-0.1, -0.05) is 13.8 Å². The lowest BCUT2D eigenvalue weighted by Crippen LogP contribution is -2.30. The number of nitrogens with zero attached hydrogens (tertiary/aromatic N) is 1. The summed E-state index contributed by atoms with van der Waals surface area (Å²) in [5.41, 5.74) is -0.162. The van der Waals surface area contributed by atoms with Crippen LogP contribution in [0.25, 0.3) is 0 Å². The molecule has 1 aromatic rings. The number of nitrogens with one attached hydrogen (secondary N) is 1. The highest BCUT2D eigenvalue weighted by atomic mass is 16.6. The molecule has 0 aliphatic heterocycles. The van der Waals surface area contributed by atoms with Gasteiger partial charge < -0.3 is 10.1 Å². The molecular formula is C14H18N2O5. The van der Waals surface area contributed by atoms with Gasteiger partial charge in [-0.05, 0) is 24.5 Å². The average molecular weight is 294 g/mol. The van der Waals surface area contributed by atoms with Gasteiger partial charge >= 0.3 is 5.69 Å². The van der Waals surface area contributed by atoms with Gasteiger partial charge in [-0.2, -0.15) is 0 Å². The molecule has 0 bridgehead atoms. The van der Waals surface area contributed by atoms with Crippen LogP contribution >= 0.6 is 0 Å². The van der Waals surface area contributed by atoms with Gasteiger partial charge in [-0.25, -0.2) is 0 Å². The minimum atomic E-state index is -0.654. The Kier molecular flexibility index (Phi) is 6.32. The van der Waals surface area contributed by atoms with Gasteiger partial charge in [0.1, 0.15) is 6.29 Å². The topological polar surface area (TPSA) is 98.5 Å². The van der Waals surface area contributed by atoms with E-state index in [1.807, 2.05) is 13.8 Å². The van der Waals surface area contributed by atoms with Crippen molar-refractivity contribution in [2.75, 3.05) is 13.2 Å². The predicted octanol–water partition coefficient (Wildman–Crippen LogP) is 1.95. The van der Waals surface area contributed by atoms with Crippen LogP contribution in [0.5, 0.6) is 5.75 Å². The summed E-state index contributed by atoms with van der Waals surface area (Å²) < 4.78 is 5.15. The van der Waals surface area contributed by atoms with Crippen molar-refractivity contribution in [1.82, 2.24) is 5.32 Å². The second-order valence-corrected chi connectivity index (χ2v) is 4.92. The van der Waals surface area contributed by atoms with Crippen molar-refractivity contribution >= 4 is 17.9 Å². The molecule has 7 heteroatoms. The van der Waals surface area contributed by atoms with Gasteiger partial charge in [0.15, 0.2) is 12.4 Å². The van der Waals surface area contributed by atoms with E-state index in [1.54, 1.807) is 0 Å². The molecule has 0 saturated carbocycles. The van der Waals surface area contributed by atoms with Crippen LogP contribution < -0.4 is 10.1 Å². The molecular weight excluding hydrogens is 276 g/mol. The van der Waals surface area contributed by atoms with E-state index in [-0.39, 0.29) is 29.5 Å². The molecule has 0 aliphatic carbocycles. The second-order valence-electron chi connectivity index (χ2n) is 4.92. The van der Waals surface area contributed by atoms with E-state index in [0.717, 1.165) is 12.5 Å². The van der Waals surface area contributed by atoms with E-state index in [9.17, 15) is 19.7 Å². The van der Waals surface area contributed by atoms with E-state index in [0.29, 0.717) is 18.7 Å². The van der Waals surface area contributed by atoms with Crippen LogP contribution in [-0.4, -0.2) is 30.3 Å². The number of benzene rings is 1. The van der Waals surface area contributed by atoms with E-state index >= 15 is 0 Å². The molecule has 21 heavy (non-hydrogen) atoms. The van der Waals surface area contributed by atoms with Gasteiger partial charge in [0.25, 0.3) is 5.91 Å². The largest absolute Gasteiger partial charge is 0.477 e. The van der Waals surface area contributed by atoms with E-state index in [1.165, 1.54) is 12.1 Å². The number of rotatable bonds is 8. The van der Waals surface area contributed by atoms with E-state index in [2.05, 4.69) is 5.32 Å². The number of nitro benzene ring substituents is 1. The number of amides is 1. The van der Waals surface area contributed by atoms with Crippen LogP contribution in [0.4, 0.5) is 5.69 Å². The fraction of sp³-hybridized carbons (Fsp3) is 0.429. The third kappa shape index (κ3) is 5.60. The first-order chi connectivity index (χ1) is 9.93. The maximum absolute atomic E-state index is 11.5. The zero-order chi connectivity index (χ0) is 15.8. The summed E-state index contributed by atoms with van der Waals surface area (Å²) in [5, 5.41) is 13.6. The van der Waals surface area contributed by atoms with Gasteiger partial charge in [-0.15, -0.1) is 0 Å². The lowest BCUT2D eigenvalue weighted by atomic mass is 10.1. The molecule has 0 heterocycles. The summed E-state index contributed by atoms with van der Waals surface area (Å²) in [6, 6.07) is 3.81. The molecule has 1 rings (SSSR count). The summed E-state index contributed by atoms with van der Waals surface area (Å²) >= 11 is 0. The third-order valence-electron chi connectivity index (χ3n) is 2.72. The molecule has 1 N–H and O–H groups in total. The van der Waals surface area contributed by atoms with Gasteiger partial charge in [0.2, 0.25) is 0 Å². The summed E-state index contributed by atoms with van der Waals surface area (Å²) in [5.74, 6) is 0.0946. The lowest BCUT2D eigenvalue weighted by molar-refractivity contribution is -0.385. The average Bonchev–Trinajstić information content (AvgIpc) is 2.44. The number of hydrogen-bond acceptors (Lipinski definition) is 5. The molecule has 0 saturated heterocycles. The Labute approximate surface area is 122 Å². The number of nitro groups is 1. The Hall–Kier alpha value is -2.44. The molecule has 0 fully saturated rings. The fourth-order valence-corrected chi connectivity index (χ4v) is 1.57. The summed E-state index contributed by atoms with van der Waals surface area (Å²) in [6.45, 7) is 4.31. The normalized spacial score (nSPS) is 10.2. The van der Waals surface area contributed by atoms with E-state index in [4.69, 9.17) is 4.74 Å². The van der Waals surface area contributed by atoms with Gasteiger partial charge in [-0.3, -0.25) is 19.7 Å². The molecule has 7 nitrogen and oxygen atoms in total. The molecule has 0 spiro atoms. The number of ether oxygens (including phenoxy) is 1. The molecule has 1 amide bonds. The maximum Gasteiger partial charge on any atom is 0.311 e. The van der Waals surface area contributed by atoms with Crippen molar-refractivity contribution in [2.45, 2.75) is 20.3 Å². The molecule has 0 unspecified atom stereocenters. The highest BCUT2D eigenvalue weighted by Gasteiger charge is 2.17. The third-order valence-corrected chi connectivity index (χ3v) is 2.72. The highest BCUT2D eigenvalue weighted by molar-refractivity contribution is 5.79. The van der Waals surface area contributed by atoms with Crippen LogP contribution in [0.3, 0.4) is 0 Å². The smallest absolute Gasteiger partial charge is 0.311 e. The second kappa shape index (κ2) is 7.98. The molecule has 114 valence electrons. The fourth-order valence-electron chi connectivity index (χ4n) is 1.57. The van der Waals surface area contributed by atoms with Crippen molar-refractivity contribution in [1.29, 1.82) is 0 Å². The summed E-state index contributed by atoms with van der Waals surface area (Å²) in [6.07, 6.45) is 1.36. The zero-order valence-electron chi connectivity index (χ0n) is 12.0. The van der Waals surface area contributed by atoms with Crippen LogP contribution in [-0.2, 0) is 4.79 Å². The van der Waals surface area contributed by atoms with Crippen LogP contribution in [0.15, 0.2) is 18.2 Å². The molecule has 0 aromatic heterocycles. The summed E-state index contributed by atoms with van der Waals surface area (Å²) in [4.78, 5) is 32.4. The van der Waals surface area contributed by atoms with Crippen LogP contribution in [0.1, 0.15) is 30.6 Å². The minimum absolute atomic E-state index is 0.0374. The number of carbonyl (C=O) groups is 2. The van der Waals surface area contributed by atoms with Crippen molar-refractivity contribution < 1.29 is 19.2 Å². The van der Waals surface area contributed by atoms with Crippen molar-refractivity contribution in [3.8, 4) is 5.75 Å². The number of carbonyl (C=O) groups excluding carboxylic acids is 2. The minimum Gasteiger partial charge on any atom is -0.477 e. The standard InChI is InChI=1S/C14H18N2O5/c1-10(2)5-6-15-14(18)9-21-13-4-3-11(8-17)7-12(13)16(19)20/h3-4,7-8,10H,5-6,9H2,1-2H3,(H,15,18). The SMILES string of the molecule is CC(C)CCNC(=O)COc1ccc(C=O)cc1[N+](=O)[O-]. The summed E-state index contributed by atoms with van der Waals surface area (Å²) in [7, 11) is 0. The first-order valence-electron chi connectivity index (χ1n) is 6.57. The van der Waals surface area contributed by atoms with Crippen LogP contribution in [0, 0.1) is 16.0 Å². The first kappa shape index (κ1) is 16.6. The highest BCUT2D eigenvalue weighted by Crippen LogP contribution is 2.27. The Morgan fingerprint density at radius 1 is 1.48 bits per heavy atom. The molecule has 0 atom stereocenters. The Morgan fingerprint density at radius 3 is 2.76 bits per heavy atom. The lowest BCUT2D eigenvalue weighted by Gasteiger charge is -2.09. The Balaban J connectivity index is 2.60. The molecule has 1 aromatic carbocycles. The zero-order valence-corrected chi connectivity index (χ0v) is 12.0. The maximum atomic E-state index is 11.5. The number of aldehydes is 1. The predicted molar refractivity (Wildman–Crippen MR) is 76.4 cm³/mol. The van der Waals surface area contributed by atoms with Crippen LogP contribution in [0.2, 0.25) is 0 Å². The monoisotopic (exact) mass is 294 g/mol. The Bertz CT molecular complexity index is 528. The first-order valence-corrected chi connectivity index (χ1v) is 6.57.